The van der Waals surface area contributed by atoms with Crippen LogP contribution in [-0.4, -0.2) is 57.4 Å². The van der Waals surface area contributed by atoms with Gasteiger partial charge in [0.1, 0.15) is 22.9 Å². The molecular formula is C25H27N7O2S. The highest BCUT2D eigenvalue weighted by atomic mass is 32.1. The van der Waals surface area contributed by atoms with Gasteiger partial charge in [-0.3, -0.25) is 4.79 Å². The second kappa shape index (κ2) is 10.6. The molecule has 9 nitrogen and oxygen atoms in total. The molecule has 4 aromatic rings. The van der Waals surface area contributed by atoms with Crippen molar-refractivity contribution in [3.8, 4) is 22.1 Å². The molecule has 4 heterocycles. The smallest absolute Gasteiger partial charge is 0.224 e. The monoisotopic (exact) mass is 489 g/mol. The fourth-order valence-corrected chi connectivity index (χ4v) is 5.05. The summed E-state index contributed by atoms with van der Waals surface area (Å²) in [6.07, 6.45) is 7.63. The molecule has 0 radical (unpaired) electrons. The normalized spacial score (nSPS) is 15.7. The fourth-order valence-electron chi connectivity index (χ4n) is 4.19. The Morgan fingerprint density at radius 3 is 2.89 bits per heavy atom. The Morgan fingerprint density at radius 1 is 1.23 bits per heavy atom. The molecule has 0 spiro atoms. The van der Waals surface area contributed by atoms with Crippen LogP contribution in [0.5, 0.6) is 5.75 Å². The summed E-state index contributed by atoms with van der Waals surface area (Å²) in [7, 11) is 1.66. The number of nitrogens with zero attached hydrogens (tertiary/aromatic N) is 6. The van der Waals surface area contributed by atoms with E-state index >= 15 is 0 Å². The van der Waals surface area contributed by atoms with Crippen LogP contribution in [0, 0.1) is 5.92 Å². The van der Waals surface area contributed by atoms with Gasteiger partial charge in [0.05, 0.1) is 18.7 Å². The summed E-state index contributed by atoms with van der Waals surface area (Å²) in [5.74, 6) is 2.37. The quantitative estimate of drug-likeness (QED) is 0.405. The van der Waals surface area contributed by atoms with Gasteiger partial charge in [-0.05, 0) is 43.2 Å². The molecule has 1 amide bonds. The standard InChI is InChI=1S/C25H27N7O2S/c1-34-21-7-5-18(6-8-21)25-30-20(16-35-25)9-11-26-24(33)19-4-2-12-31(15-19)22-14-23(28-17-27-22)32-13-3-10-29-32/h3,5-8,10,13-14,16-17,19H,2,4,9,11-12,15H2,1H3,(H,26,33). The first-order valence-corrected chi connectivity index (χ1v) is 12.5. The van der Waals surface area contributed by atoms with Gasteiger partial charge in [-0.2, -0.15) is 5.10 Å². The number of ether oxygens (including phenoxy) is 1. The van der Waals surface area contributed by atoms with E-state index in [2.05, 4.69) is 30.7 Å². The predicted octanol–water partition coefficient (Wildman–Crippen LogP) is 3.37. The third-order valence-corrected chi connectivity index (χ3v) is 7.00. The van der Waals surface area contributed by atoms with E-state index in [1.807, 2.05) is 42.6 Å². The van der Waals surface area contributed by atoms with Gasteiger partial charge in [0.25, 0.3) is 0 Å². The van der Waals surface area contributed by atoms with Crippen LogP contribution in [0.4, 0.5) is 5.82 Å². The minimum absolute atomic E-state index is 0.0721. The van der Waals surface area contributed by atoms with Crippen LogP contribution in [0.1, 0.15) is 18.5 Å². The van der Waals surface area contributed by atoms with Crippen LogP contribution in [0.25, 0.3) is 16.4 Å². The fraction of sp³-hybridized carbons (Fsp3) is 0.320. The van der Waals surface area contributed by atoms with E-state index in [1.54, 1.807) is 35.7 Å². The molecular weight excluding hydrogens is 462 g/mol. The van der Waals surface area contributed by atoms with Crippen molar-refractivity contribution >= 4 is 23.1 Å². The van der Waals surface area contributed by atoms with Gasteiger partial charge in [0, 0.05) is 55.5 Å². The van der Waals surface area contributed by atoms with Crippen molar-refractivity contribution in [3.05, 3.63) is 66.2 Å². The van der Waals surface area contributed by atoms with Crippen LogP contribution in [0.15, 0.2) is 60.5 Å². The summed E-state index contributed by atoms with van der Waals surface area (Å²) in [5, 5.41) is 10.4. The van der Waals surface area contributed by atoms with Crippen LogP contribution in [0.3, 0.4) is 0 Å². The van der Waals surface area contributed by atoms with Crippen molar-refractivity contribution in [1.82, 2.24) is 30.0 Å². The number of hydrogen-bond acceptors (Lipinski definition) is 8. The van der Waals surface area contributed by atoms with Gasteiger partial charge in [-0.25, -0.2) is 19.6 Å². The van der Waals surface area contributed by atoms with Gasteiger partial charge in [0.2, 0.25) is 5.91 Å². The number of aromatic nitrogens is 5. The first kappa shape index (κ1) is 23.0. The molecule has 1 unspecified atom stereocenters. The number of carbonyl (C=O) groups excluding carboxylic acids is 1. The number of rotatable bonds is 8. The highest BCUT2D eigenvalue weighted by Gasteiger charge is 2.26. The van der Waals surface area contributed by atoms with E-state index in [1.165, 1.54) is 0 Å². The average molecular weight is 490 g/mol. The second-order valence-corrected chi connectivity index (χ2v) is 9.24. The first-order chi connectivity index (χ1) is 17.2. The summed E-state index contributed by atoms with van der Waals surface area (Å²) >= 11 is 1.61. The van der Waals surface area contributed by atoms with Gasteiger partial charge in [-0.15, -0.1) is 11.3 Å². The zero-order valence-electron chi connectivity index (χ0n) is 19.5. The van der Waals surface area contributed by atoms with Gasteiger partial charge in [-0.1, -0.05) is 0 Å². The van der Waals surface area contributed by atoms with Crippen molar-refractivity contribution in [2.45, 2.75) is 19.3 Å². The first-order valence-electron chi connectivity index (χ1n) is 11.6. The molecule has 0 aliphatic carbocycles. The Morgan fingerprint density at radius 2 is 2.09 bits per heavy atom. The zero-order valence-corrected chi connectivity index (χ0v) is 20.3. The van der Waals surface area contributed by atoms with Crippen molar-refractivity contribution in [2.24, 2.45) is 5.92 Å². The van der Waals surface area contributed by atoms with Crippen LogP contribution in [-0.2, 0) is 11.2 Å². The number of benzene rings is 1. The molecule has 1 aliphatic rings. The molecule has 5 rings (SSSR count). The Hall–Kier alpha value is -3.79. The maximum atomic E-state index is 12.9. The summed E-state index contributed by atoms with van der Waals surface area (Å²) in [4.78, 5) is 28.5. The Kier molecular flexibility index (Phi) is 6.99. The number of amides is 1. The van der Waals surface area contributed by atoms with E-state index in [0.29, 0.717) is 25.3 Å². The summed E-state index contributed by atoms with van der Waals surface area (Å²) in [6.45, 7) is 2.07. The van der Waals surface area contributed by atoms with Crippen molar-refractivity contribution in [3.63, 3.8) is 0 Å². The van der Waals surface area contributed by atoms with E-state index in [-0.39, 0.29) is 11.8 Å². The van der Waals surface area contributed by atoms with E-state index < -0.39 is 0 Å². The second-order valence-electron chi connectivity index (χ2n) is 8.38. The molecule has 1 aromatic carbocycles. The van der Waals surface area contributed by atoms with E-state index in [9.17, 15) is 4.79 Å². The Bertz CT molecular complexity index is 1260. The third kappa shape index (κ3) is 5.48. The Labute approximate surface area is 207 Å². The summed E-state index contributed by atoms with van der Waals surface area (Å²) in [6, 6.07) is 11.7. The largest absolute Gasteiger partial charge is 0.497 e. The highest BCUT2D eigenvalue weighted by Crippen LogP contribution is 2.26. The van der Waals surface area contributed by atoms with Crippen LogP contribution < -0.4 is 15.0 Å². The summed E-state index contributed by atoms with van der Waals surface area (Å²) in [5.41, 5.74) is 2.05. The number of methoxy groups -OCH3 is 1. The zero-order chi connectivity index (χ0) is 24.0. The number of carbonyl (C=O) groups is 1. The number of thiazole rings is 1. The number of nitrogens with one attached hydrogen (secondary N) is 1. The van der Waals surface area contributed by atoms with E-state index in [4.69, 9.17) is 9.72 Å². The van der Waals surface area contributed by atoms with Crippen molar-refractivity contribution < 1.29 is 9.53 Å². The molecule has 35 heavy (non-hydrogen) atoms. The average Bonchev–Trinajstić information content (AvgIpc) is 3.62. The van der Waals surface area contributed by atoms with Crippen molar-refractivity contribution in [2.75, 3.05) is 31.6 Å². The number of anilines is 1. The minimum Gasteiger partial charge on any atom is -0.497 e. The lowest BCUT2D eigenvalue weighted by Crippen LogP contribution is -2.43. The lowest BCUT2D eigenvalue weighted by Gasteiger charge is -2.32. The lowest BCUT2D eigenvalue weighted by atomic mass is 9.97. The van der Waals surface area contributed by atoms with Gasteiger partial charge >= 0.3 is 0 Å². The minimum atomic E-state index is -0.0721. The molecule has 0 saturated carbocycles. The van der Waals surface area contributed by atoms with E-state index in [0.717, 1.165) is 47.2 Å². The van der Waals surface area contributed by atoms with Gasteiger partial charge < -0.3 is 15.0 Å². The number of piperidine rings is 1. The predicted molar refractivity (Wildman–Crippen MR) is 135 cm³/mol. The Balaban J connectivity index is 1.14. The van der Waals surface area contributed by atoms with Crippen LogP contribution in [0.2, 0.25) is 0 Å². The maximum absolute atomic E-state index is 12.9. The molecule has 10 heteroatoms. The topological polar surface area (TPSA) is 98.1 Å². The molecule has 1 N–H and O–H groups in total. The van der Waals surface area contributed by atoms with Gasteiger partial charge in [0.15, 0.2) is 5.82 Å². The molecule has 1 saturated heterocycles. The molecule has 180 valence electrons. The summed E-state index contributed by atoms with van der Waals surface area (Å²) < 4.78 is 6.92. The highest BCUT2D eigenvalue weighted by molar-refractivity contribution is 7.13. The molecule has 0 bridgehead atoms. The number of hydrogen-bond donors (Lipinski definition) is 1. The van der Waals surface area contributed by atoms with Crippen LogP contribution >= 0.6 is 11.3 Å². The van der Waals surface area contributed by atoms with Crippen molar-refractivity contribution in [1.29, 1.82) is 0 Å². The molecule has 1 fully saturated rings. The third-order valence-electron chi connectivity index (χ3n) is 6.06. The SMILES string of the molecule is COc1ccc(-c2nc(CCNC(=O)C3CCCN(c4cc(-n5cccn5)ncn4)C3)cs2)cc1. The molecule has 1 atom stereocenters. The maximum Gasteiger partial charge on any atom is 0.224 e. The molecule has 1 aliphatic heterocycles. The lowest BCUT2D eigenvalue weighted by molar-refractivity contribution is -0.125. The molecule has 3 aromatic heterocycles.